The van der Waals surface area contributed by atoms with Crippen LogP contribution in [0.2, 0.25) is 0 Å². The number of aliphatic hydroxyl groups is 1. The highest BCUT2D eigenvalue weighted by molar-refractivity contribution is 5.95. The summed E-state index contributed by atoms with van der Waals surface area (Å²) in [6.45, 7) is 4.99. The average Bonchev–Trinajstić information content (AvgIpc) is 3.22. The van der Waals surface area contributed by atoms with E-state index in [1.807, 2.05) is 30.5 Å². The molecule has 0 saturated carbocycles. The molecule has 0 bridgehead atoms. The third-order valence-corrected chi connectivity index (χ3v) is 6.08. The fourth-order valence-electron chi connectivity index (χ4n) is 4.26. The zero-order chi connectivity index (χ0) is 20.3. The van der Waals surface area contributed by atoms with Crippen LogP contribution in [0.4, 0.5) is 0 Å². The second-order valence-electron chi connectivity index (χ2n) is 8.55. The number of carbonyl (C=O) groups is 1. The number of nitrogens with zero attached hydrogens (tertiary/aromatic N) is 3. The number of hydrogen-bond acceptors (Lipinski definition) is 4. The Bertz CT molecular complexity index is 867. The molecule has 2 aliphatic rings. The van der Waals surface area contributed by atoms with Crippen molar-refractivity contribution in [1.29, 1.82) is 0 Å². The first-order valence-electron chi connectivity index (χ1n) is 10.5. The molecule has 29 heavy (non-hydrogen) atoms. The number of aliphatic hydroxyl groups excluding tert-OH is 1. The number of benzene rings is 1. The predicted molar refractivity (Wildman–Crippen MR) is 114 cm³/mol. The summed E-state index contributed by atoms with van der Waals surface area (Å²) in [6, 6.07) is 7.87. The monoisotopic (exact) mass is 394 g/mol. The summed E-state index contributed by atoms with van der Waals surface area (Å²) in [4.78, 5) is 15.1. The summed E-state index contributed by atoms with van der Waals surface area (Å²) in [5, 5.41) is 17.7. The molecule has 1 aliphatic carbocycles. The highest BCUT2D eigenvalue weighted by Gasteiger charge is 2.32. The lowest BCUT2D eigenvalue weighted by Crippen LogP contribution is -2.54. The van der Waals surface area contributed by atoms with Gasteiger partial charge in [-0.25, -0.2) is 0 Å². The summed E-state index contributed by atoms with van der Waals surface area (Å²) >= 11 is 0. The fraction of sp³-hybridized carbons (Fsp3) is 0.478. The van der Waals surface area contributed by atoms with Crippen LogP contribution in [0.5, 0.6) is 0 Å². The van der Waals surface area contributed by atoms with Crippen LogP contribution in [0, 0.1) is 0 Å². The van der Waals surface area contributed by atoms with Crippen molar-refractivity contribution in [3.05, 3.63) is 59.4 Å². The van der Waals surface area contributed by atoms with E-state index in [4.69, 9.17) is 0 Å². The molecule has 1 amide bonds. The maximum atomic E-state index is 12.8. The number of amides is 1. The highest BCUT2D eigenvalue weighted by atomic mass is 16.3. The molecular weight excluding hydrogens is 364 g/mol. The van der Waals surface area contributed by atoms with Crippen molar-refractivity contribution in [2.24, 2.45) is 0 Å². The molecule has 2 heterocycles. The lowest BCUT2D eigenvalue weighted by molar-refractivity contribution is 0.0613. The van der Waals surface area contributed by atoms with Gasteiger partial charge in [0.25, 0.3) is 5.91 Å². The van der Waals surface area contributed by atoms with Crippen molar-refractivity contribution in [2.75, 3.05) is 19.6 Å². The Morgan fingerprint density at radius 3 is 2.90 bits per heavy atom. The Hall–Kier alpha value is -2.44. The topological polar surface area (TPSA) is 70.4 Å². The maximum Gasteiger partial charge on any atom is 0.251 e. The number of piperidine rings is 1. The molecule has 1 atom stereocenters. The zero-order valence-corrected chi connectivity index (χ0v) is 17.1. The Balaban J connectivity index is 1.29. The van der Waals surface area contributed by atoms with Gasteiger partial charge < -0.3 is 15.3 Å². The standard InChI is InChI=1S/C23H30N4O2/c1-23(25-22(29)20-8-7-18-5-2-3-6-19(18)15-20)9-13-26(14-10-23)16-21(28)17-27-12-4-11-24-27/h2,4-5,7-8,11-12,15,21,28H,3,6,9-10,13-14,16-17H2,1H3,(H,25,29). The first-order chi connectivity index (χ1) is 14.0. The molecule has 1 unspecified atom stereocenters. The summed E-state index contributed by atoms with van der Waals surface area (Å²) in [5.41, 5.74) is 3.01. The van der Waals surface area contributed by atoms with E-state index in [0.717, 1.165) is 44.3 Å². The summed E-state index contributed by atoms with van der Waals surface area (Å²) in [7, 11) is 0. The molecule has 154 valence electrons. The van der Waals surface area contributed by atoms with Crippen molar-refractivity contribution < 1.29 is 9.90 Å². The van der Waals surface area contributed by atoms with E-state index in [0.29, 0.717) is 13.1 Å². The molecule has 2 aromatic rings. The Morgan fingerprint density at radius 1 is 1.31 bits per heavy atom. The molecule has 4 rings (SSSR count). The maximum absolute atomic E-state index is 12.8. The molecule has 0 spiro atoms. The zero-order valence-electron chi connectivity index (χ0n) is 17.1. The van der Waals surface area contributed by atoms with Gasteiger partial charge in [0.2, 0.25) is 0 Å². The fourth-order valence-corrected chi connectivity index (χ4v) is 4.26. The van der Waals surface area contributed by atoms with Gasteiger partial charge in [0, 0.05) is 43.1 Å². The Kier molecular flexibility index (Phi) is 5.83. The first kappa shape index (κ1) is 19.9. The van der Waals surface area contributed by atoms with Crippen LogP contribution in [0.1, 0.15) is 47.7 Å². The van der Waals surface area contributed by atoms with Crippen LogP contribution >= 0.6 is 0 Å². The summed E-state index contributed by atoms with van der Waals surface area (Å²) in [5.74, 6) is 0.0111. The molecule has 2 N–H and O–H groups in total. The average molecular weight is 395 g/mol. The minimum absolute atomic E-state index is 0.0111. The van der Waals surface area contributed by atoms with E-state index in [9.17, 15) is 9.90 Å². The number of hydrogen-bond donors (Lipinski definition) is 2. The molecule has 0 radical (unpaired) electrons. The second kappa shape index (κ2) is 8.51. The van der Waals surface area contributed by atoms with Gasteiger partial charge in [0.05, 0.1) is 12.6 Å². The van der Waals surface area contributed by atoms with Gasteiger partial charge in [-0.2, -0.15) is 5.10 Å². The molecular formula is C23H30N4O2. The van der Waals surface area contributed by atoms with Gasteiger partial charge in [0.1, 0.15) is 0 Å². The molecule has 1 fully saturated rings. The van der Waals surface area contributed by atoms with Crippen LogP contribution in [0.3, 0.4) is 0 Å². The number of nitrogens with one attached hydrogen (secondary N) is 1. The lowest BCUT2D eigenvalue weighted by Gasteiger charge is -2.40. The Morgan fingerprint density at radius 2 is 2.14 bits per heavy atom. The van der Waals surface area contributed by atoms with Crippen LogP contribution in [-0.2, 0) is 13.0 Å². The molecule has 1 aliphatic heterocycles. The SMILES string of the molecule is CC1(NC(=O)c2ccc3c(c2)CCC=C3)CCN(CC(O)Cn2cccn2)CC1. The van der Waals surface area contributed by atoms with Crippen LogP contribution in [0.25, 0.3) is 6.08 Å². The third-order valence-electron chi connectivity index (χ3n) is 6.08. The van der Waals surface area contributed by atoms with Crippen LogP contribution in [0.15, 0.2) is 42.7 Å². The second-order valence-corrected chi connectivity index (χ2v) is 8.55. The first-order valence-corrected chi connectivity index (χ1v) is 10.5. The minimum Gasteiger partial charge on any atom is -0.390 e. The molecule has 1 saturated heterocycles. The van der Waals surface area contributed by atoms with Crippen LogP contribution < -0.4 is 5.32 Å². The van der Waals surface area contributed by atoms with E-state index >= 15 is 0 Å². The smallest absolute Gasteiger partial charge is 0.251 e. The van der Waals surface area contributed by atoms with Gasteiger partial charge in [-0.3, -0.25) is 9.48 Å². The van der Waals surface area contributed by atoms with Crippen molar-refractivity contribution in [2.45, 2.75) is 50.8 Å². The predicted octanol–water partition coefficient (Wildman–Crippen LogP) is 2.49. The number of likely N-dealkylation sites (tertiary alicyclic amines) is 1. The van der Waals surface area contributed by atoms with Crippen molar-refractivity contribution in [1.82, 2.24) is 20.0 Å². The van der Waals surface area contributed by atoms with Crippen molar-refractivity contribution >= 4 is 12.0 Å². The van der Waals surface area contributed by atoms with Gasteiger partial charge in [-0.15, -0.1) is 0 Å². The number of rotatable bonds is 6. The summed E-state index contributed by atoms with van der Waals surface area (Å²) < 4.78 is 1.76. The number of aryl methyl sites for hydroxylation is 1. The molecule has 1 aromatic heterocycles. The van der Waals surface area contributed by atoms with Crippen molar-refractivity contribution in [3.8, 4) is 0 Å². The largest absolute Gasteiger partial charge is 0.390 e. The summed E-state index contributed by atoms with van der Waals surface area (Å²) in [6.07, 6.45) is 11.3. The quantitative estimate of drug-likeness (QED) is 0.790. The molecule has 6 nitrogen and oxygen atoms in total. The van der Waals surface area contributed by atoms with Crippen LogP contribution in [-0.4, -0.2) is 57.0 Å². The number of fused-ring (bicyclic) bond motifs is 1. The van der Waals surface area contributed by atoms with E-state index in [1.165, 1.54) is 11.1 Å². The number of carbonyl (C=O) groups excluding carboxylic acids is 1. The van der Waals surface area contributed by atoms with E-state index in [1.54, 1.807) is 10.9 Å². The molecule has 1 aromatic carbocycles. The van der Waals surface area contributed by atoms with Gasteiger partial charge in [-0.1, -0.05) is 18.2 Å². The van der Waals surface area contributed by atoms with E-state index in [2.05, 4.69) is 34.4 Å². The lowest BCUT2D eigenvalue weighted by atomic mass is 9.88. The molecule has 6 heteroatoms. The number of β-amino-alcohol motifs (C(OH)–C–C–N with tert-alkyl or cyclic N) is 1. The van der Waals surface area contributed by atoms with Gasteiger partial charge in [0.15, 0.2) is 0 Å². The van der Waals surface area contributed by atoms with E-state index < -0.39 is 6.10 Å². The highest BCUT2D eigenvalue weighted by Crippen LogP contribution is 2.24. The number of aromatic nitrogens is 2. The minimum atomic E-state index is -0.446. The number of allylic oxidation sites excluding steroid dienone is 1. The normalized spacial score (nSPS) is 19.5. The van der Waals surface area contributed by atoms with Crippen molar-refractivity contribution in [3.63, 3.8) is 0 Å². The van der Waals surface area contributed by atoms with Gasteiger partial charge >= 0.3 is 0 Å². The third kappa shape index (κ3) is 4.95. The van der Waals surface area contributed by atoms with E-state index in [-0.39, 0.29) is 11.4 Å². The Labute approximate surface area is 172 Å². The van der Waals surface area contributed by atoms with Gasteiger partial charge in [-0.05, 0) is 61.9 Å².